The number of fused-ring (bicyclic) bond motifs is 1. The fraction of sp³-hybridized carbons (Fsp3) is 0.444. The summed E-state index contributed by atoms with van der Waals surface area (Å²) in [5.74, 6) is 0.887. The summed E-state index contributed by atoms with van der Waals surface area (Å²) in [4.78, 5) is 0. The Morgan fingerprint density at radius 3 is 2.81 bits per heavy atom. The maximum Gasteiger partial charge on any atom is 0.119 e. The summed E-state index contributed by atoms with van der Waals surface area (Å²) < 4.78 is 10.9. The van der Waals surface area contributed by atoms with E-state index in [1.54, 1.807) is 7.11 Å². The van der Waals surface area contributed by atoms with Crippen molar-refractivity contribution in [3.05, 3.63) is 42.0 Å². The van der Waals surface area contributed by atoms with Crippen molar-refractivity contribution < 1.29 is 9.47 Å². The van der Waals surface area contributed by atoms with Gasteiger partial charge in [0.05, 0.1) is 13.2 Å². The lowest BCUT2D eigenvalue weighted by molar-refractivity contribution is 0.101. The molecule has 2 unspecified atom stereocenters. The molecule has 0 spiro atoms. The molecular formula is C18H23NO2. The zero-order valence-electron chi connectivity index (χ0n) is 12.5. The predicted octanol–water partition coefficient (Wildman–Crippen LogP) is 3.81. The molecule has 1 heterocycles. The van der Waals surface area contributed by atoms with Gasteiger partial charge in [-0.2, -0.15) is 0 Å². The van der Waals surface area contributed by atoms with E-state index in [0.29, 0.717) is 6.10 Å². The van der Waals surface area contributed by atoms with Crippen LogP contribution < -0.4 is 10.5 Å². The molecule has 0 aromatic heterocycles. The van der Waals surface area contributed by atoms with E-state index < -0.39 is 0 Å². The molecule has 0 radical (unpaired) electrons. The van der Waals surface area contributed by atoms with Crippen LogP contribution in [0, 0.1) is 0 Å². The molecule has 2 N–H and O–H groups in total. The topological polar surface area (TPSA) is 44.5 Å². The molecule has 3 nitrogen and oxygen atoms in total. The van der Waals surface area contributed by atoms with Crippen LogP contribution in [-0.2, 0) is 4.74 Å². The number of rotatable bonds is 5. The van der Waals surface area contributed by atoms with E-state index >= 15 is 0 Å². The normalized spacial score (nSPS) is 19.8. The summed E-state index contributed by atoms with van der Waals surface area (Å²) in [7, 11) is 1.69. The smallest absolute Gasteiger partial charge is 0.119 e. The third-order valence-corrected chi connectivity index (χ3v) is 4.32. The van der Waals surface area contributed by atoms with Crippen molar-refractivity contribution in [1.29, 1.82) is 0 Å². The molecule has 21 heavy (non-hydrogen) atoms. The first-order valence-electron chi connectivity index (χ1n) is 7.71. The van der Waals surface area contributed by atoms with E-state index in [4.69, 9.17) is 15.2 Å². The predicted molar refractivity (Wildman–Crippen MR) is 85.6 cm³/mol. The molecule has 3 heteroatoms. The molecule has 0 aliphatic carbocycles. The molecule has 0 amide bonds. The Balaban J connectivity index is 1.70. The van der Waals surface area contributed by atoms with Crippen molar-refractivity contribution >= 4 is 10.8 Å². The number of methoxy groups -OCH3 is 1. The van der Waals surface area contributed by atoms with Crippen LogP contribution in [0.5, 0.6) is 5.75 Å². The number of hydrogen-bond acceptors (Lipinski definition) is 3. The van der Waals surface area contributed by atoms with Crippen LogP contribution >= 0.6 is 0 Å². The Labute approximate surface area is 126 Å². The largest absolute Gasteiger partial charge is 0.497 e. The highest BCUT2D eigenvalue weighted by Crippen LogP contribution is 2.26. The molecule has 0 bridgehead atoms. The van der Waals surface area contributed by atoms with Gasteiger partial charge in [-0.1, -0.05) is 18.2 Å². The maximum absolute atomic E-state index is 6.34. The van der Waals surface area contributed by atoms with E-state index in [1.165, 1.54) is 29.2 Å². The molecule has 2 aromatic carbocycles. The van der Waals surface area contributed by atoms with E-state index in [1.807, 2.05) is 6.07 Å². The van der Waals surface area contributed by atoms with Gasteiger partial charge in [0, 0.05) is 12.6 Å². The van der Waals surface area contributed by atoms with Gasteiger partial charge in [0.15, 0.2) is 0 Å². The molecule has 1 fully saturated rings. The number of ether oxygens (including phenoxy) is 2. The van der Waals surface area contributed by atoms with E-state index in [-0.39, 0.29) is 6.04 Å². The molecule has 2 atom stereocenters. The lowest BCUT2D eigenvalue weighted by Gasteiger charge is -2.15. The zero-order chi connectivity index (χ0) is 14.7. The third-order valence-electron chi connectivity index (χ3n) is 4.32. The molecule has 0 saturated carbocycles. The van der Waals surface area contributed by atoms with Crippen molar-refractivity contribution in [2.24, 2.45) is 5.73 Å². The van der Waals surface area contributed by atoms with Crippen molar-refractivity contribution in [3.63, 3.8) is 0 Å². The molecule has 1 aliphatic heterocycles. The standard InChI is InChI=1S/C18H23NO2/c1-20-17-7-6-13-11-15(5-4-14(13)12-17)18(19)9-8-16-3-2-10-21-16/h4-7,11-12,16,18H,2-3,8-10,19H2,1H3. The second-order valence-electron chi connectivity index (χ2n) is 5.79. The molecule has 2 aromatic rings. The Bertz CT molecular complexity index is 605. The summed E-state index contributed by atoms with van der Waals surface area (Å²) in [5.41, 5.74) is 7.54. The summed E-state index contributed by atoms with van der Waals surface area (Å²) in [5, 5.41) is 2.39. The first-order chi connectivity index (χ1) is 10.3. The maximum atomic E-state index is 6.34. The number of benzene rings is 2. The minimum atomic E-state index is 0.0840. The zero-order valence-corrected chi connectivity index (χ0v) is 12.5. The number of nitrogens with two attached hydrogens (primary N) is 1. The second kappa shape index (κ2) is 6.46. The molecule has 112 valence electrons. The van der Waals surface area contributed by atoms with Crippen LogP contribution in [0.3, 0.4) is 0 Å². The highest BCUT2D eigenvalue weighted by atomic mass is 16.5. The third kappa shape index (κ3) is 3.36. The van der Waals surface area contributed by atoms with Gasteiger partial charge in [0.2, 0.25) is 0 Å². The van der Waals surface area contributed by atoms with Crippen molar-refractivity contribution in [1.82, 2.24) is 0 Å². The van der Waals surface area contributed by atoms with Gasteiger partial charge < -0.3 is 15.2 Å². The van der Waals surface area contributed by atoms with E-state index in [0.717, 1.165) is 25.2 Å². The highest BCUT2D eigenvalue weighted by molar-refractivity contribution is 5.84. The molecule has 3 rings (SSSR count). The van der Waals surface area contributed by atoms with Crippen LogP contribution in [0.15, 0.2) is 36.4 Å². The van der Waals surface area contributed by atoms with Gasteiger partial charge in [-0.3, -0.25) is 0 Å². The highest BCUT2D eigenvalue weighted by Gasteiger charge is 2.17. The fourth-order valence-electron chi connectivity index (χ4n) is 3.00. The molecule has 1 aliphatic rings. The first-order valence-corrected chi connectivity index (χ1v) is 7.71. The monoisotopic (exact) mass is 285 g/mol. The van der Waals surface area contributed by atoms with Gasteiger partial charge in [-0.05, 0) is 60.2 Å². The van der Waals surface area contributed by atoms with Crippen LogP contribution in [-0.4, -0.2) is 19.8 Å². The Kier molecular flexibility index (Phi) is 4.42. The fourth-order valence-corrected chi connectivity index (χ4v) is 3.00. The van der Waals surface area contributed by atoms with Crippen molar-refractivity contribution in [2.45, 2.75) is 37.8 Å². The summed E-state index contributed by atoms with van der Waals surface area (Å²) >= 11 is 0. The van der Waals surface area contributed by atoms with Crippen molar-refractivity contribution in [3.8, 4) is 5.75 Å². The van der Waals surface area contributed by atoms with Gasteiger partial charge in [-0.25, -0.2) is 0 Å². The minimum absolute atomic E-state index is 0.0840. The lowest BCUT2D eigenvalue weighted by atomic mass is 9.97. The van der Waals surface area contributed by atoms with Crippen LogP contribution in [0.1, 0.15) is 37.3 Å². The Morgan fingerprint density at radius 2 is 2.05 bits per heavy atom. The number of hydrogen-bond donors (Lipinski definition) is 1. The summed E-state index contributed by atoms with van der Waals surface area (Å²) in [6.45, 7) is 0.914. The first kappa shape index (κ1) is 14.4. The Morgan fingerprint density at radius 1 is 1.24 bits per heavy atom. The van der Waals surface area contributed by atoms with Crippen molar-refractivity contribution in [2.75, 3.05) is 13.7 Å². The lowest BCUT2D eigenvalue weighted by Crippen LogP contribution is -2.14. The second-order valence-corrected chi connectivity index (χ2v) is 5.79. The quantitative estimate of drug-likeness (QED) is 0.908. The van der Waals surface area contributed by atoms with Crippen LogP contribution in [0.2, 0.25) is 0 Å². The average Bonchev–Trinajstić information content (AvgIpc) is 3.05. The van der Waals surface area contributed by atoms with E-state index in [9.17, 15) is 0 Å². The van der Waals surface area contributed by atoms with Crippen LogP contribution in [0.4, 0.5) is 0 Å². The average molecular weight is 285 g/mol. The van der Waals surface area contributed by atoms with Gasteiger partial charge in [0.1, 0.15) is 5.75 Å². The SMILES string of the molecule is COc1ccc2cc(C(N)CCC3CCCO3)ccc2c1. The van der Waals surface area contributed by atoms with Gasteiger partial charge in [-0.15, -0.1) is 0 Å². The Hall–Kier alpha value is -1.58. The summed E-state index contributed by atoms with van der Waals surface area (Å²) in [6.07, 6.45) is 4.83. The minimum Gasteiger partial charge on any atom is -0.497 e. The van der Waals surface area contributed by atoms with Gasteiger partial charge >= 0.3 is 0 Å². The van der Waals surface area contributed by atoms with Crippen LogP contribution in [0.25, 0.3) is 10.8 Å². The summed E-state index contributed by atoms with van der Waals surface area (Å²) in [6, 6.07) is 12.7. The van der Waals surface area contributed by atoms with Gasteiger partial charge in [0.25, 0.3) is 0 Å². The molecule has 1 saturated heterocycles. The van der Waals surface area contributed by atoms with E-state index in [2.05, 4.69) is 30.3 Å². The molecular weight excluding hydrogens is 262 g/mol.